The van der Waals surface area contributed by atoms with Crippen LogP contribution in [0.3, 0.4) is 0 Å². The van der Waals surface area contributed by atoms with Crippen LogP contribution in [-0.2, 0) is 4.79 Å². The molecule has 0 bridgehead atoms. The highest BCUT2D eigenvalue weighted by Crippen LogP contribution is 1.85. The molecular weight excluding hydrogens is 92.1 g/mol. The van der Waals surface area contributed by atoms with E-state index in [4.69, 9.17) is 0 Å². The van der Waals surface area contributed by atoms with Gasteiger partial charge in [-0.3, -0.25) is 0 Å². The molecule has 0 saturated heterocycles. The summed E-state index contributed by atoms with van der Waals surface area (Å²) in [4.78, 5) is 9.54. The number of carbonyl (C=O) groups is 1. The van der Waals surface area contributed by atoms with Crippen LogP contribution in [0, 0.1) is 0 Å². The third kappa shape index (κ3) is 3.89. The lowest BCUT2D eigenvalue weighted by Gasteiger charge is -1.78. The molecule has 33 valence electrons. The van der Waals surface area contributed by atoms with E-state index in [2.05, 4.69) is 10.2 Å². The van der Waals surface area contributed by atoms with Gasteiger partial charge in [-0.15, -0.1) is 0 Å². The van der Waals surface area contributed by atoms with Gasteiger partial charge in [0.2, 0.25) is 0 Å². The van der Waals surface area contributed by atoms with Gasteiger partial charge in [0.1, 0.15) is 6.29 Å². The molecule has 0 aliphatic rings. The van der Waals surface area contributed by atoms with Gasteiger partial charge in [-0.25, -0.2) is 0 Å². The second-order valence-corrected chi connectivity index (χ2v) is 1.56. The first-order valence-corrected chi connectivity index (χ1v) is 2.70. The first kappa shape index (κ1) is 5.89. The van der Waals surface area contributed by atoms with Crippen LogP contribution < -0.4 is 0 Å². The summed E-state index contributed by atoms with van der Waals surface area (Å²) in [6, 6.07) is 0.929. The van der Waals surface area contributed by atoms with Crippen molar-refractivity contribution in [1.82, 2.24) is 0 Å². The summed E-state index contributed by atoms with van der Waals surface area (Å²) < 4.78 is 0. The smallest absolute Gasteiger partial charge is 0.119 e. The molecule has 0 aromatic heterocycles. The van der Waals surface area contributed by atoms with Crippen LogP contribution in [0.1, 0.15) is 12.8 Å². The molecule has 0 aromatic rings. The van der Waals surface area contributed by atoms with Crippen LogP contribution in [-0.4, -0.2) is 16.5 Å². The van der Waals surface area contributed by atoms with Crippen LogP contribution in [0.15, 0.2) is 0 Å². The van der Waals surface area contributed by atoms with Crippen molar-refractivity contribution in [1.29, 1.82) is 0 Å². The van der Waals surface area contributed by atoms with Crippen molar-refractivity contribution in [3.63, 3.8) is 0 Å². The minimum atomic E-state index is 0.684. The number of hydrogen-bond donors (Lipinski definition) is 0. The lowest BCUT2D eigenvalue weighted by Crippen LogP contribution is -1.72. The highest BCUT2D eigenvalue weighted by atomic mass is 28.1. The predicted molar refractivity (Wildman–Crippen MR) is 25.9 cm³/mol. The standard InChI is InChI=1S/C4H7OSi/c5-3-1-2-4-6/h3H,1-2,4H2. The lowest BCUT2D eigenvalue weighted by atomic mass is 10.4. The van der Waals surface area contributed by atoms with E-state index < -0.39 is 0 Å². The van der Waals surface area contributed by atoms with Crippen molar-refractivity contribution in [2.45, 2.75) is 18.9 Å². The van der Waals surface area contributed by atoms with Crippen molar-refractivity contribution in [2.75, 3.05) is 0 Å². The topological polar surface area (TPSA) is 17.1 Å². The van der Waals surface area contributed by atoms with Gasteiger partial charge >= 0.3 is 0 Å². The maximum absolute atomic E-state index is 9.54. The molecule has 0 N–H and O–H groups in total. The van der Waals surface area contributed by atoms with Gasteiger partial charge in [0.05, 0.1) is 0 Å². The summed E-state index contributed by atoms with van der Waals surface area (Å²) in [5, 5.41) is 0. The fourth-order valence-corrected chi connectivity index (χ4v) is 0.390. The molecule has 0 aliphatic heterocycles. The Balaban J connectivity index is 2.49. The molecule has 0 fully saturated rings. The van der Waals surface area contributed by atoms with E-state index in [9.17, 15) is 4.79 Å². The van der Waals surface area contributed by atoms with Gasteiger partial charge in [0, 0.05) is 16.7 Å². The SMILES string of the molecule is O=CCCC[Si]. The average molecular weight is 99.2 g/mol. The largest absolute Gasteiger partial charge is 0.303 e. The van der Waals surface area contributed by atoms with Crippen LogP contribution in [0.5, 0.6) is 0 Å². The average Bonchev–Trinajstić information content (AvgIpc) is 1.61. The Bertz CT molecular complexity index is 36.5. The summed E-state index contributed by atoms with van der Waals surface area (Å²) >= 11 is 0. The molecule has 0 amide bonds. The summed E-state index contributed by atoms with van der Waals surface area (Å²) in [5.74, 6) is 0. The minimum Gasteiger partial charge on any atom is -0.303 e. The van der Waals surface area contributed by atoms with Gasteiger partial charge in [0.25, 0.3) is 0 Å². The third-order valence-corrected chi connectivity index (χ3v) is 0.852. The Morgan fingerprint density at radius 3 is 2.50 bits per heavy atom. The molecule has 2 heteroatoms. The van der Waals surface area contributed by atoms with Gasteiger partial charge < -0.3 is 4.79 Å². The van der Waals surface area contributed by atoms with Crippen LogP contribution >= 0.6 is 0 Å². The van der Waals surface area contributed by atoms with E-state index in [1.165, 1.54) is 0 Å². The van der Waals surface area contributed by atoms with E-state index in [0.29, 0.717) is 6.42 Å². The number of hydrogen-bond acceptors (Lipinski definition) is 1. The molecule has 6 heavy (non-hydrogen) atoms. The van der Waals surface area contributed by atoms with Crippen LogP contribution in [0.4, 0.5) is 0 Å². The normalized spacial score (nSPS) is 8.17. The molecule has 0 heterocycles. The molecule has 0 unspecified atom stereocenters. The van der Waals surface area contributed by atoms with Gasteiger partial charge in [-0.05, 0) is 6.42 Å². The number of carbonyl (C=O) groups excluding carboxylic acids is 1. The monoisotopic (exact) mass is 99.0 g/mol. The second kappa shape index (κ2) is 4.89. The van der Waals surface area contributed by atoms with E-state index in [0.717, 1.165) is 18.8 Å². The van der Waals surface area contributed by atoms with Crippen molar-refractivity contribution in [3.8, 4) is 0 Å². The molecule has 0 spiro atoms. The van der Waals surface area contributed by atoms with E-state index in [1.807, 2.05) is 0 Å². The zero-order valence-electron chi connectivity index (χ0n) is 3.61. The van der Waals surface area contributed by atoms with Crippen LogP contribution in [0.25, 0.3) is 0 Å². The number of rotatable bonds is 3. The van der Waals surface area contributed by atoms with E-state index >= 15 is 0 Å². The van der Waals surface area contributed by atoms with Crippen molar-refractivity contribution < 1.29 is 4.79 Å². The summed E-state index contributed by atoms with van der Waals surface area (Å²) in [6.45, 7) is 0. The molecule has 0 atom stereocenters. The zero-order chi connectivity index (χ0) is 4.83. The fourth-order valence-electron chi connectivity index (χ4n) is 0.185. The van der Waals surface area contributed by atoms with Gasteiger partial charge in [0.15, 0.2) is 0 Å². The first-order valence-electron chi connectivity index (χ1n) is 2.00. The maximum atomic E-state index is 9.54. The Morgan fingerprint density at radius 2 is 2.33 bits per heavy atom. The van der Waals surface area contributed by atoms with Crippen molar-refractivity contribution in [3.05, 3.63) is 0 Å². The molecule has 0 aromatic carbocycles. The van der Waals surface area contributed by atoms with Crippen LogP contribution in [0.2, 0.25) is 6.04 Å². The van der Waals surface area contributed by atoms with E-state index in [1.54, 1.807) is 0 Å². The van der Waals surface area contributed by atoms with Crippen molar-refractivity contribution in [2.24, 2.45) is 0 Å². The molecule has 0 saturated carbocycles. The molecule has 3 radical (unpaired) electrons. The Kier molecular flexibility index (Phi) is 4.79. The number of aldehydes is 1. The molecule has 1 nitrogen and oxygen atoms in total. The summed E-state index contributed by atoms with van der Waals surface area (Å²) in [5.41, 5.74) is 0. The van der Waals surface area contributed by atoms with Crippen molar-refractivity contribution >= 4 is 16.5 Å². The summed E-state index contributed by atoms with van der Waals surface area (Å²) in [7, 11) is 3.23. The number of unbranched alkanes of at least 4 members (excludes halogenated alkanes) is 1. The Hall–Kier alpha value is -0.113. The zero-order valence-corrected chi connectivity index (χ0v) is 4.61. The summed E-state index contributed by atoms with van der Waals surface area (Å²) in [6.07, 6.45) is 2.57. The quantitative estimate of drug-likeness (QED) is 0.287. The Morgan fingerprint density at radius 1 is 1.67 bits per heavy atom. The molecular formula is C4H7OSi. The second-order valence-electron chi connectivity index (χ2n) is 1.06. The highest BCUT2D eigenvalue weighted by molar-refractivity contribution is 6.08. The first-order chi connectivity index (χ1) is 2.91. The molecule has 0 rings (SSSR count). The Labute approximate surface area is 41.2 Å². The predicted octanol–water partition coefficient (Wildman–Crippen LogP) is 0.552. The minimum absolute atomic E-state index is 0.684. The maximum Gasteiger partial charge on any atom is 0.119 e. The fraction of sp³-hybridized carbons (Fsp3) is 0.750. The lowest BCUT2D eigenvalue weighted by molar-refractivity contribution is -0.107. The highest BCUT2D eigenvalue weighted by Gasteiger charge is 1.75. The third-order valence-electron chi connectivity index (χ3n) is 0.499. The molecule has 0 aliphatic carbocycles. The van der Waals surface area contributed by atoms with E-state index in [-0.39, 0.29) is 0 Å². The van der Waals surface area contributed by atoms with Gasteiger partial charge in [-0.1, -0.05) is 6.04 Å². The van der Waals surface area contributed by atoms with Gasteiger partial charge in [-0.2, -0.15) is 0 Å².